The van der Waals surface area contributed by atoms with E-state index in [4.69, 9.17) is 5.11 Å². The van der Waals surface area contributed by atoms with E-state index in [1.165, 1.54) is 19.3 Å². The summed E-state index contributed by atoms with van der Waals surface area (Å²) in [5.74, 6) is -0.876. The fourth-order valence-electron chi connectivity index (χ4n) is 1.53. The first kappa shape index (κ1) is 13.5. The van der Waals surface area contributed by atoms with Crippen LogP contribution in [0.2, 0.25) is 0 Å². The molecule has 7 heteroatoms. The maximum Gasteiger partial charge on any atom is 0.356 e. The second kappa shape index (κ2) is 5.79. The molecule has 0 saturated carbocycles. The molecule has 0 unspecified atom stereocenters. The van der Waals surface area contributed by atoms with Gasteiger partial charge >= 0.3 is 5.97 Å². The Morgan fingerprint density at radius 2 is 1.90 bits per heavy atom. The van der Waals surface area contributed by atoms with E-state index in [2.05, 4.69) is 20.6 Å². The molecule has 1 amide bonds. The molecule has 0 aliphatic heterocycles. The Morgan fingerprint density at radius 3 is 2.50 bits per heavy atom. The maximum absolute atomic E-state index is 11.0. The van der Waals surface area contributed by atoms with Crippen LogP contribution < -0.4 is 10.6 Å². The molecule has 20 heavy (non-hydrogen) atoms. The summed E-state index contributed by atoms with van der Waals surface area (Å²) in [6.07, 6.45) is 2.50. The van der Waals surface area contributed by atoms with Gasteiger partial charge in [-0.1, -0.05) is 6.07 Å². The molecule has 3 N–H and O–H groups in total. The molecule has 1 aromatic heterocycles. The molecule has 0 bridgehead atoms. The first-order chi connectivity index (χ1) is 9.54. The van der Waals surface area contributed by atoms with Crippen molar-refractivity contribution in [2.45, 2.75) is 6.92 Å². The highest BCUT2D eigenvalue weighted by molar-refractivity contribution is 5.89. The number of aromatic carboxylic acids is 1. The monoisotopic (exact) mass is 272 g/mol. The van der Waals surface area contributed by atoms with Crippen LogP contribution >= 0.6 is 0 Å². The molecular weight excluding hydrogens is 260 g/mol. The molecule has 0 atom stereocenters. The SMILES string of the molecule is CC(=O)Nc1cccc(Nc2cnc(C(=O)O)cn2)c1. The number of aromatic nitrogens is 2. The topological polar surface area (TPSA) is 104 Å². The number of carboxylic acids is 1. The van der Waals surface area contributed by atoms with E-state index in [0.29, 0.717) is 17.2 Å². The summed E-state index contributed by atoms with van der Waals surface area (Å²) in [5.41, 5.74) is 1.23. The second-order valence-corrected chi connectivity index (χ2v) is 3.98. The van der Waals surface area contributed by atoms with Gasteiger partial charge in [0.15, 0.2) is 5.69 Å². The molecule has 0 radical (unpaired) electrons. The highest BCUT2D eigenvalue weighted by atomic mass is 16.4. The number of amides is 1. The summed E-state index contributed by atoms with van der Waals surface area (Å²) >= 11 is 0. The van der Waals surface area contributed by atoms with Gasteiger partial charge in [-0.05, 0) is 18.2 Å². The molecule has 0 fully saturated rings. The summed E-state index contributed by atoms with van der Waals surface area (Å²) in [5, 5.41) is 14.4. The van der Waals surface area contributed by atoms with E-state index in [0.717, 1.165) is 0 Å². The number of carboxylic acid groups (broad SMARTS) is 1. The van der Waals surface area contributed by atoms with Gasteiger partial charge in [-0.3, -0.25) is 4.79 Å². The number of carbonyl (C=O) groups is 2. The average Bonchev–Trinajstić information content (AvgIpc) is 2.39. The largest absolute Gasteiger partial charge is 0.476 e. The summed E-state index contributed by atoms with van der Waals surface area (Å²) in [7, 11) is 0. The van der Waals surface area contributed by atoms with Gasteiger partial charge in [0, 0.05) is 18.3 Å². The predicted octanol–water partition coefficient (Wildman–Crippen LogP) is 1.88. The number of nitrogens with zero attached hydrogens (tertiary/aromatic N) is 2. The zero-order valence-corrected chi connectivity index (χ0v) is 10.6. The zero-order chi connectivity index (χ0) is 14.5. The standard InChI is InChI=1S/C13H12N4O3/c1-8(18)16-9-3-2-4-10(5-9)17-12-7-14-11(6-15-12)13(19)20/h2-7H,1H3,(H,15,17)(H,16,18)(H,19,20). The number of carbonyl (C=O) groups excluding carboxylic acids is 1. The normalized spacial score (nSPS) is 9.85. The van der Waals surface area contributed by atoms with Crippen LogP contribution in [-0.4, -0.2) is 27.0 Å². The van der Waals surface area contributed by atoms with Gasteiger partial charge < -0.3 is 15.7 Å². The molecule has 1 aromatic carbocycles. The molecule has 0 spiro atoms. The first-order valence-corrected chi connectivity index (χ1v) is 5.74. The van der Waals surface area contributed by atoms with E-state index in [9.17, 15) is 9.59 Å². The van der Waals surface area contributed by atoms with Crippen molar-refractivity contribution in [3.05, 3.63) is 42.4 Å². The van der Waals surface area contributed by atoms with Crippen LogP contribution in [0.1, 0.15) is 17.4 Å². The molecule has 0 aliphatic rings. The van der Waals surface area contributed by atoms with Crippen LogP contribution in [0.3, 0.4) is 0 Å². The minimum absolute atomic E-state index is 0.123. The van der Waals surface area contributed by atoms with E-state index < -0.39 is 5.97 Å². The van der Waals surface area contributed by atoms with Gasteiger partial charge in [0.1, 0.15) is 5.82 Å². The fourth-order valence-corrected chi connectivity index (χ4v) is 1.53. The Hall–Kier alpha value is -2.96. The van der Waals surface area contributed by atoms with Crippen LogP contribution in [0.5, 0.6) is 0 Å². The summed E-state index contributed by atoms with van der Waals surface area (Å²) < 4.78 is 0. The number of hydrogen-bond acceptors (Lipinski definition) is 5. The van der Waals surface area contributed by atoms with Crippen molar-refractivity contribution >= 4 is 29.1 Å². The molecule has 102 valence electrons. The number of hydrogen-bond donors (Lipinski definition) is 3. The first-order valence-electron chi connectivity index (χ1n) is 5.74. The summed E-state index contributed by atoms with van der Waals surface area (Å²) in [6.45, 7) is 1.43. The predicted molar refractivity (Wildman–Crippen MR) is 73.0 cm³/mol. The Balaban J connectivity index is 2.13. The lowest BCUT2D eigenvalue weighted by Gasteiger charge is -2.07. The van der Waals surface area contributed by atoms with E-state index in [1.54, 1.807) is 24.3 Å². The van der Waals surface area contributed by atoms with Crippen molar-refractivity contribution < 1.29 is 14.7 Å². The van der Waals surface area contributed by atoms with Gasteiger partial charge in [-0.15, -0.1) is 0 Å². The van der Waals surface area contributed by atoms with Gasteiger partial charge in [0.25, 0.3) is 0 Å². The highest BCUT2D eigenvalue weighted by Gasteiger charge is 2.05. The van der Waals surface area contributed by atoms with Crippen LogP contribution in [0.15, 0.2) is 36.7 Å². The van der Waals surface area contributed by atoms with E-state index >= 15 is 0 Å². The summed E-state index contributed by atoms with van der Waals surface area (Å²) in [4.78, 5) is 29.3. The smallest absolute Gasteiger partial charge is 0.356 e. The molecule has 0 saturated heterocycles. The molecule has 2 rings (SSSR count). The second-order valence-electron chi connectivity index (χ2n) is 3.98. The van der Waals surface area contributed by atoms with Crippen LogP contribution in [-0.2, 0) is 4.79 Å². The number of anilines is 3. The highest BCUT2D eigenvalue weighted by Crippen LogP contribution is 2.18. The fraction of sp³-hybridized carbons (Fsp3) is 0.0769. The molecular formula is C13H12N4O3. The van der Waals surface area contributed by atoms with Gasteiger partial charge in [-0.25, -0.2) is 14.8 Å². The third-order valence-electron chi connectivity index (χ3n) is 2.33. The molecule has 1 heterocycles. The minimum Gasteiger partial charge on any atom is -0.476 e. The Bertz CT molecular complexity index is 640. The van der Waals surface area contributed by atoms with Crippen LogP contribution in [0.4, 0.5) is 17.2 Å². The quantitative estimate of drug-likeness (QED) is 0.785. The molecule has 0 aliphatic carbocycles. The minimum atomic E-state index is -1.13. The van der Waals surface area contributed by atoms with Crippen molar-refractivity contribution in [3.8, 4) is 0 Å². The lowest BCUT2D eigenvalue weighted by Crippen LogP contribution is -2.06. The Labute approximate surface area is 114 Å². The van der Waals surface area contributed by atoms with E-state index in [1.807, 2.05) is 0 Å². The van der Waals surface area contributed by atoms with Crippen molar-refractivity contribution in [2.24, 2.45) is 0 Å². The molecule has 2 aromatic rings. The van der Waals surface area contributed by atoms with Gasteiger partial charge in [0.2, 0.25) is 5.91 Å². The number of nitrogens with one attached hydrogen (secondary N) is 2. The van der Waals surface area contributed by atoms with Gasteiger partial charge in [-0.2, -0.15) is 0 Å². The van der Waals surface area contributed by atoms with Crippen LogP contribution in [0.25, 0.3) is 0 Å². The Morgan fingerprint density at radius 1 is 1.15 bits per heavy atom. The Kier molecular flexibility index (Phi) is 3.90. The third kappa shape index (κ3) is 3.52. The van der Waals surface area contributed by atoms with Crippen molar-refractivity contribution in [1.82, 2.24) is 9.97 Å². The lowest BCUT2D eigenvalue weighted by atomic mass is 10.2. The van der Waals surface area contributed by atoms with Crippen molar-refractivity contribution in [1.29, 1.82) is 0 Å². The van der Waals surface area contributed by atoms with Crippen molar-refractivity contribution in [3.63, 3.8) is 0 Å². The molecule has 7 nitrogen and oxygen atoms in total. The third-order valence-corrected chi connectivity index (χ3v) is 2.33. The number of rotatable bonds is 4. The number of benzene rings is 1. The maximum atomic E-state index is 11.0. The lowest BCUT2D eigenvalue weighted by molar-refractivity contribution is -0.114. The van der Waals surface area contributed by atoms with Crippen molar-refractivity contribution in [2.75, 3.05) is 10.6 Å². The summed E-state index contributed by atoms with van der Waals surface area (Å²) in [6, 6.07) is 7.05. The van der Waals surface area contributed by atoms with E-state index in [-0.39, 0.29) is 11.6 Å². The average molecular weight is 272 g/mol. The van der Waals surface area contributed by atoms with Gasteiger partial charge in [0.05, 0.1) is 12.4 Å². The van der Waals surface area contributed by atoms with Crippen LogP contribution in [0, 0.1) is 0 Å². The zero-order valence-electron chi connectivity index (χ0n) is 10.6.